The zero-order chi connectivity index (χ0) is 10.7. The molecule has 1 rings (SSSR count). The maximum absolute atomic E-state index is 5.44. The van der Waals surface area contributed by atoms with Gasteiger partial charge in [-0.15, -0.1) is 0 Å². The van der Waals surface area contributed by atoms with Crippen molar-refractivity contribution in [2.45, 2.75) is 34.1 Å². The minimum absolute atomic E-state index is 0.584. The molecule has 1 heteroatoms. The van der Waals surface area contributed by atoms with E-state index < -0.39 is 0 Å². The second-order valence-electron chi connectivity index (χ2n) is 4.01. The molecular weight excluding hydrogens is 188 g/mol. The number of thiocarbonyl (C=S) groups is 1. The molecule has 14 heavy (non-hydrogen) atoms. The Morgan fingerprint density at radius 2 is 2.07 bits per heavy atom. The molecule has 0 amide bonds. The Bertz CT molecular complexity index is 329. The second kappa shape index (κ2) is 4.70. The summed E-state index contributed by atoms with van der Waals surface area (Å²) in [5.74, 6) is 0.584. The molecule has 1 atom stereocenters. The molecular formula is C13H18S. The fourth-order valence-corrected chi connectivity index (χ4v) is 2.20. The molecule has 1 aliphatic rings. The summed E-state index contributed by atoms with van der Waals surface area (Å²) in [7, 11) is 0. The van der Waals surface area contributed by atoms with E-state index in [1.807, 2.05) is 6.92 Å². The first-order valence-corrected chi connectivity index (χ1v) is 5.52. The standard InChI is InChI=1S/C13H18S/c1-5-6-12-11(4)7-9(2)10(3)8-13(12)14/h5-7,10H,8H2,1-4H3/b6-5+. The monoisotopic (exact) mass is 206 g/mol. The SMILES string of the molecule is C/C=C/C1=C(C)C=C(C)C(C)CC1=S. The first-order valence-electron chi connectivity index (χ1n) is 5.11. The van der Waals surface area contributed by atoms with Gasteiger partial charge in [0.1, 0.15) is 0 Å². The third kappa shape index (κ3) is 2.42. The third-order valence-corrected chi connectivity index (χ3v) is 3.16. The van der Waals surface area contributed by atoms with Crippen LogP contribution in [0.1, 0.15) is 34.1 Å². The smallest absolute Gasteiger partial charge is 0.0232 e. The van der Waals surface area contributed by atoms with Crippen LogP contribution in [0, 0.1) is 5.92 Å². The number of rotatable bonds is 1. The lowest BCUT2D eigenvalue weighted by atomic mass is 9.97. The summed E-state index contributed by atoms with van der Waals surface area (Å²) < 4.78 is 0. The van der Waals surface area contributed by atoms with Crippen molar-refractivity contribution in [3.05, 3.63) is 34.9 Å². The Hall–Kier alpha value is -0.690. The van der Waals surface area contributed by atoms with E-state index in [0.717, 1.165) is 11.3 Å². The van der Waals surface area contributed by atoms with Gasteiger partial charge in [0.2, 0.25) is 0 Å². The molecule has 0 fully saturated rings. The van der Waals surface area contributed by atoms with Crippen molar-refractivity contribution in [2.75, 3.05) is 0 Å². The van der Waals surface area contributed by atoms with Gasteiger partial charge in [0.15, 0.2) is 0 Å². The Kier molecular flexibility index (Phi) is 3.82. The lowest BCUT2D eigenvalue weighted by Crippen LogP contribution is -2.04. The van der Waals surface area contributed by atoms with Crippen LogP contribution in [0.4, 0.5) is 0 Å². The van der Waals surface area contributed by atoms with Crippen LogP contribution in [-0.4, -0.2) is 4.86 Å². The summed E-state index contributed by atoms with van der Waals surface area (Å²) in [6, 6.07) is 0. The molecule has 0 saturated heterocycles. The molecule has 0 aromatic carbocycles. The molecule has 0 saturated carbocycles. The van der Waals surface area contributed by atoms with Gasteiger partial charge in [-0.2, -0.15) is 0 Å². The summed E-state index contributed by atoms with van der Waals surface area (Å²) in [5, 5.41) is 0. The van der Waals surface area contributed by atoms with Gasteiger partial charge in [0, 0.05) is 4.86 Å². The first kappa shape index (κ1) is 11.4. The van der Waals surface area contributed by atoms with Gasteiger partial charge >= 0.3 is 0 Å². The van der Waals surface area contributed by atoms with Crippen LogP contribution in [0.25, 0.3) is 0 Å². The Labute approximate surface area is 92.4 Å². The van der Waals surface area contributed by atoms with E-state index in [1.54, 1.807) is 0 Å². The lowest BCUT2D eigenvalue weighted by molar-refractivity contribution is 0.723. The van der Waals surface area contributed by atoms with Crippen molar-refractivity contribution in [1.82, 2.24) is 0 Å². The number of allylic oxidation sites excluding steroid dienone is 6. The number of hydrogen-bond acceptors (Lipinski definition) is 1. The Morgan fingerprint density at radius 3 is 2.64 bits per heavy atom. The maximum Gasteiger partial charge on any atom is 0.0232 e. The largest absolute Gasteiger partial charge is 0.0870 e. The molecule has 0 N–H and O–H groups in total. The number of hydrogen-bond donors (Lipinski definition) is 0. The van der Waals surface area contributed by atoms with Crippen molar-refractivity contribution in [3.63, 3.8) is 0 Å². The van der Waals surface area contributed by atoms with Gasteiger partial charge < -0.3 is 0 Å². The van der Waals surface area contributed by atoms with Gasteiger partial charge in [0.05, 0.1) is 0 Å². The highest BCUT2D eigenvalue weighted by atomic mass is 32.1. The Balaban J connectivity index is 3.13. The highest BCUT2D eigenvalue weighted by Crippen LogP contribution is 2.26. The summed E-state index contributed by atoms with van der Waals surface area (Å²) in [5.41, 5.74) is 3.98. The van der Waals surface area contributed by atoms with E-state index in [4.69, 9.17) is 12.2 Å². The van der Waals surface area contributed by atoms with Crippen LogP contribution in [0.3, 0.4) is 0 Å². The minimum Gasteiger partial charge on any atom is -0.0870 e. The molecule has 0 heterocycles. The Morgan fingerprint density at radius 1 is 1.43 bits per heavy atom. The van der Waals surface area contributed by atoms with Crippen LogP contribution in [0.2, 0.25) is 0 Å². The maximum atomic E-state index is 5.44. The normalized spacial score (nSPS) is 24.1. The highest BCUT2D eigenvalue weighted by Gasteiger charge is 2.15. The second-order valence-corrected chi connectivity index (χ2v) is 4.51. The van der Waals surface area contributed by atoms with E-state index in [9.17, 15) is 0 Å². The van der Waals surface area contributed by atoms with Crippen molar-refractivity contribution in [3.8, 4) is 0 Å². The van der Waals surface area contributed by atoms with Crippen LogP contribution < -0.4 is 0 Å². The highest BCUT2D eigenvalue weighted by molar-refractivity contribution is 7.80. The fourth-order valence-electron chi connectivity index (χ4n) is 1.72. The van der Waals surface area contributed by atoms with Gasteiger partial charge in [-0.05, 0) is 44.3 Å². The van der Waals surface area contributed by atoms with E-state index in [1.165, 1.54) is 16.7 Å². The minimum atomic E-state index is 0.584. The first-order chi connectivity index (χ1) is 6.56. The zero-order valence-electron chi connectivity index (χ0n) is 9.42. The van der Waals surface area contributed by atoms with Crippen molar-refractivity contribution >= 4 is 17.1 Å². The van der Waals surface area contributed by atoms with Crippen molar-refractivity contribution in [1.29, 1.82) is 0 Å². The topological polar surface area (TPSA) is 0 Å². The van der Waals surface area contributed by atoms with Crippen LogP contribution in [0.5, 0.6) is 0 Å². The van der Waals surface area contributed by atoms with Gasteiger partial charge in [-0.1, -0.05) is 42.9 Å². The average molecular weight is 206 g/mol. The summed E-state index contributed by atoms with van der Waals surface area (Å²) >= 11 is 5.44. The molecule has 1 unspecified atom stereocenters. The zero-order valence-corrected chi connectivity index (χ0v) is 10.2. The van der Waals surface area contributed by atoms with Gasteiger partial charge in [-0.3, -0.25) is 0 Å². The predicted molar refractivity (Wildman–Crippen MR) is 67.7 cm³/mol. The molecule has 0 bridgehead atoms. The summed E-state index contributed by atoms with van der Waals surface area (Å²) in [6.45, 7) is 8.61. The van der Waals surface area contributed by atoms with E-state index in [0.29, 0.717) is 5.92 Å². The van der Waals surface area contributed by atoms with Crippen LogP contribution in [-0.2, 0) is 0 Å². The van der Waals surface area contributed by atoms with E-state index >= 15 is 0 Å². The molecule has 1 aliphatic carbocycles. The predicted octanol–water partition coefficient (Wildman–Crippen LogP) is 4.24. The lowest BCUT2D eigenvalue weighted by Gasteiger charge is -2.09. The third-order valence-electron chi connectivity index (χ3n) is 2.77. The van der Waals surface area contributed by atoms with E-state index in [-0.39, 0.29) is 0 Å². The van der Waals surface area contributed by atoms with Crippen molar-refractivity contribution < 1.29 is 0 Å². The molecule has 0 aromatic rings. The fraction of sp³-hybridized carbons (Fsp3) is 0.462. The molecule has 76 valence electrons. The van der Waals surface area contributed by atoms with Crippen LogP contribution in [0.15, 0.2) is 34.9 Å². The van der Waals surface area contributed by atoms with Crippen molar-refractivity contribution in [2.24, 2.45) is 5.92 Å². The van der Waals surface area contributed by atoms with E-state index in [2.05, 4.69) is 39.0 Å². The molecule has 0 radical (unpaired) electrons. The molecule has 0 aliphatic heterocycles. The molecule has 0 aromatic heterocycles. The summed E-state index contributed by atoms with van der Waals surface area (Å²) in [6.07, 6.45) is 7.46. The van der Waals surface area contributed by atoms with Gasteiger partial charge in [0.25, 0.3) is 0 Å². The average Bonchev–Trinajstić information content (AvgIpc) is 2.19. The summed E-state index contributed by atoms with van der Waals surface area (Å²) in [4.78, 5) is 1.10. The van der Waals surface area contributed by atoms with Gasteiger partial charge in [-0.25, -0.2) is 0 Å². The molecule has 0 spiro atoms. The molecule has 0 nitrogen and oxygen atoms in total. The quantitative estimate of drug-likeness (QED) is 0.578. The van der Waals surface area contributed by atoms with Crippen LogP contribution >= 0.6 is 12.2 Å².